The second kappa shape index (κ2) is 7.00. The Labute approximate surface area is 129 Å². The molecule has 0 saturated heterocycles. The van der Waals surface area contributed by atoms with Crippen LogP contribution >= 0.6 is 11.6 Å². The van der Waals surface area contributed by atoms with E-state index in [0.717, 1.165) is 5.56 Å². The van der Waals surface area contributed by atoms with Crippen LogP contribution in [0.1, 0.15) is 31.7 Å². The maximum Gasteiger partial charge on any atom is 0.258 e. The second-order valence-electron chi connectivity index (χ2n) is 5.17. The molecule has 0 bridgehead atoms. The smallest absolute Gasteiger partial charge is 0.258 e. The van der Waals surface area contributed by atoms with E-state index in [1.54, 1.807) is 13.2 Å². The van der Waals surface area contributed by atoms with Crippen molar-refractivity contribution in [3.05, 3.63) is 22.7 Å². The number of primary amides is 1. The number of nitrogens with two attached hydrogens (primary N) is 1. The Hall–Kier alpha value is -1.46. The molecular formula is C15H21ClN2O3. The highest BCUT2D eigenvalue weighted by atomic mass is 35.5. The summed E-state index contributed by atoms with van der Waals surface area (Å²) in [6, 6.07) is 4.05. The molecule has 3 N–H and O–H groups in total. The number of amides is 1. The van der Waals surface area contributed by atoms with Crippen molar-refractivity contribution in [2.24, 2.45) is 5.73 Å². The van der Waals surface area contributed by atoms with E-state index in [0.29, 0.717) is 35.5 Å². The molecule has 1 aliphatic carbocycles. The van der Waals surface area contributed by atoms with Gasteiger partial charge in [-0.1, -0.05) is 18.5 Å². The molecule has 1 aliphatic rings. The molecule has 1 aromatic carbocycles. The fourth-order valence-electron chi connectivity index (χ4n) is 2.07. The van der Waals surface area contributed by atoms with Crippen molar-refractivity contribution in [1.29, 1.82) is 0 Å². The molecule has 6 heteroatoms. The van der Waals surface area contributed by atoms with Gasteiger partial charge in [0.2, 0.25) is 0 Å². The first-order valence-electron chi connectivity index (χ1n) is 7.10. The van der Waals surface area contributed by atoms with E-state index in [2.05, 4.69) is 5.32 Å². The van der Waals surface area contributed by atoms with Gasteiger partial charge in [-0.3, -0.25) is 4.79 Å². The van der Waals surface area contributed by atoms with Gasteiger partial charge in [0, 0.05) is 29.2 Å². The lowest BCUT2D eigenvalue weighted by Gasteiger charge is -2.20. The maximum absolute atomic E-state index is 11.4. The number of benzene rings is 1. The zero-order valence-electron chi connectivity index (χ0n) is 12.3. The maximum atomic E-state index is 11.4. The summed E-state index contributed by atoms with van der Waals surface area (Å²) >= 11 is 6.11. The minimum Gasteiger partial charge on any atom is -0.493 e. The summed E-state index contributed by atoms with van der Waals surface area (Å²) in [6.07, 6.45) is 2.19. The lowest BCUT2D eigenvalue weighted by molar-refractivity contribution is -0.124. The van der Waals surface area contributed by atoms with Crippen molar-refractivity contribution in [3.8, 4) is 11.5 Å². The molecule has 116 valence electrons. The highest BCUT2D eigenvalue weighted by Gasteiger charge is 2.24. The molecule has 0 aromatic heterocycles. The van der Waals surface area contributed by atoms with E-state index in [4.69, 9.17) is 26.8 Å². The first-order valence-corrected chi connectivity index (χ1v) is 7.48. The van der Waals surface area contributed by atoms with Gasteiger partial charge in [-0.05, 0) is 25.3 Å². The Morgan fingerprint density at radius 2 is 2.24 bits per heavy atom. The summed E-state index contributed by atoms with van der Waals surface area (Å²) in [6.45, 7) is 2.46. The summed E-state index contributed by atoms with van der Waals surface area (Å²) < 4.78 is 11.1. The van der Waals surface area contributed by atoms with E-state index in [-0.39, 0.29) is 0 Å². The molecule has 1 saturated carbocycles. The average Bonchev–Trinajstić information content (AvgIpc) is 3.26. The molecule has 1 amide bonds. The molecule has 0 spiro atoms. The van der Waals surface area contributed by atoms with Gasteiger partial charge >= 0.3 is 0 Å². The van der Waals surface area contributed by atoms with Crippen LogP contribution < -0.4 is 20.5 Å². The first kappa shape index (κ1) is 15.9. The quantitative estimate of drug-likeness (QED) is 0.772. The van der Waals surface area contributed by atoms with E-state index in [1.165, 1.54) is 12.8 Å². The minimum absolute atomic E-state index is 0.490. The summed E-state index contributed by atoms with van der Waals surface area (Å²) in [7, 11) is 1.54. The third kappa shape index (κ3) is 4.25. The van der Waals surface area contributed by atoms with Crippen molar-refractivity contribution in [2.45, 2.75) is 44.9 Å². The number of halogens is 1. The molecule has 21 heavy (non-hydrogen) atoms. The van der Waals surface area contributed by atoms with Crippen LogP contribution in [0.25, 0.3) is 0 Å². The van der Waals surface area contributed by atoms with E-state index >= 15 is 0 Å². The van der Waals surface area contributed by atoms with Gasteiger partial charge in [0.05, 0.1) is 7.11 Å². The van der Waals surface area contributed by atoms with E-state index in [1.807, 2.05) is 13.0 Å². The number of nitrogens with one attached hydrogen (secondary N) is 1. The Kier molecular flexibility index (Phi) is 5.31. The van der Waals surface area contributed by atoms with Crippen LogP contribution in [0.2, 0.25) is 5.02 Å². The molecule has 1 unspecified atom stereocenters. The molecular weight excluding hydrogens is 292 g/mol. The van der Waals surface area contributed by atoms with E-state index < -0.39 is 12.0 Å². The normalized spacial score (nSPS) is 15.6. The van der Waals surface area contributed by atoms with Crippen LogP contribution in [0.4, 0.5) is 0 Å². The minimum atomic E-state index is -0.681. The molecule has 1 atom stereocenters. The predicted molar refractivity (Wildman–Crippen MR) is 81.8 cm³/mol. The van der Waals surface area contributed by atoms with Gasteiger partial charge in [0.1, 0.15) is 0 Å². The summed E-state index contributed by atoms with van der Waals surface area (Å²) in [4.78, 5) is 11.4. The largest absolute Gasteiger partial charge is 0.493 e. The van der Waals surface area contributed by atoms with E-state index in [9.17, 15) is 4.79 Å². The predicted octanol–water partition coefficient (Wildman–Crippen LogP) is 2.24. The van der Waals surface area contributed by atoms with Crippen molar-refractivity contribution >= 4 is 17.5 Å². The van der Waals surface area contributed by atoms with Gasteiger partial charge in [-0.2, -0.15) is 0 Å². The Morgan fingerprint density at radius 3 is 2.76 bits per heavy atom. The molecule has 5 nitrogen and oxygen atoms in total. The number of hydrogen-bond acceptors (Lipinski definition) is 4. The van der Waals surface area contributed by atoms with Crippen LogP contribution in [0.3, 0.4) is 0 Å². The number of methoxy groups -OCH3 is 1. The Morgan fingerprint density at radius 1 is 1.52 bits per heavy atom. The average molecular weight is 313 g/mol. The van der Waals surface area contributed by atoms with Gasteiger partial charge < -0.3 is 20.5 Å². The lowest BCUT2D eigenvalue weighted by atomic mass is 10.1. The van der Waals surface area contributed by atoms with Gasteiger partial charge in [0.15, 0.2) is 17.6 Å². The van der Waals surface area contributed by atoms with Gasteiger partial charge in [0.25, 0.3) is 5.91 Å². The topological polar surface area (TPSA) is 73.6 Å². The highest BCUT2D eigenvalue weighted by molar-refractivity contribution is 6.30. The lowest BCUT2D eigenvalue weighted by Crippen LogP contribution is -2.33. The standard InChI is InChI=1S/C15H21ClN2O3/c1-3-12(15(17)19)21-14-9(8-18-11-4-5-11)6-10(16)7-13(14)20-2/h6-7,11-12,18H,3-5,8H2,1-2H3,(H2,17,19). The van der Waals surface area contributed by atoms with Gasteiger partial charge in [-0.25, -0.2) is 0 Å². The van der Waals surface area contributed by atoms with Crippen LogP contribution in [0.15, 0.2) is 12.1 Å². The second-order valence-corrected chi connectivity index (χ2v) is 5.61. The Balaban J connectivity index is 2.26. The highest BCUT2D eigenvalue weighted by Crippen LogP contribution is 2.36. The molecule has 0 radical (unpaired) electrons. The van der Waals surface area contributed by atoms with Crippen molar-refractivity contribution in [2.75, 3.05) is 7.11 Å². The van der Waals surface area contributed by atoms with Gasteiger partial charge in [-0.15, -0.1) is 0 Å². The zero-order chi connectivity index (χ0) is 15.4. The number of carbonyl (C=O) groups excluding carboxylic acids is 1. The van der Waals surface area contributed by atoms with Crippen molar-refractivity contribution in [3.63, 3.8) is 0 Å². The zero-order valence-corrected chi connectivity index (χ0v) is 13.1. The fourth-order valence-corrected chi connectivity index (χ4v) is 2.30. The molecule has 0 aliphatic heterocycles. The third-order valence-corrected chi connectivity index (χ3v) is 3.64. The summed E-state index contributed by atoms with van der Waals surface area (Å²) in [5.74, 6) is 0.547. The van der Waals surface area contributed by atoms with Crippen molar-refractivity contribution < 1.29 is 14.3 Å². The van der Waals surface area contributed by atoms with Crippen LogP contribution in [0, 0.1) is 0 Å². The number of ether oxygens (including phenoxy) is 2. The van der Waals surface area contributed by atoms with Crippen LogP contribution in [0.5, 0.6) is 11.5 Å². The van der Waals surface area contributed by atoms with Crippen molar-refractivity contribution in [1.82, 2.24) is 5.32 Å². The molecule has 2 rings (SSSR count). The Bertz CT molecular complexity index is 518. The first-order chi connectivity index (χ1) is 10.0. The molecule has 1 aromatic rings. The van der Waals surface area contributed by atoms with Crippen LogP contribution in [-0.2, 0) is 11.3 Å². The number of rotatable bonds is 8. The summed E-state index contributed by atoms with van der Waals surface area (Å²) in [5, 5.41) is 3.97. The number of carbonyl (C=O) groups is 1. The van der Waals surface area contributed by atoms with Crippen LogP contribution in [-0.4, -0.2) is 25.2 Å². The monoisotopic (exact) mass is 312 g/mol. The fraction of sp³-hybridized carbons (Fsp3) is 0.533. The SMILES string of the molecule is CCC(Oc1c(CNC2CC2)cc(Cl)cc1OC)C(N)=O. The number of hydrogen-bond donors (Lipinski definition) is 2. The molecule has 0 heterocycles. The molecule has 1 fully saturated rings. The third-order valence-electron chi connectivity index (χ3n) is 3.42. The summed E-state index contributed by atoms with van der Waals surface area (Å²) in [5.41, 5.74) is 6.22.